The van der Waals surface area contributed by atoms with Crippen molar-refractivity contribution in [1.29, 1.82) is 0 Å². The first-order valence-corrected chi connectivity index (χ1v) is 6.39. The van der Waals surface area contributed by atoms with E-state index in [0.29, 0.717) is 19.6 Å². The Morgan fingerprint density at radius 2 is 2.11 bits per heavy atom. The first kappa shape index (κ1) is 14.8. The van der Waals surface area contributed by atoms with Gasteiger partial charge in [-0.25, -0.2) is 4.79 Å². The molecule has 1 fully saturated rings. The molecule has 6 nitrogen and oxygen atoms in total. The molecule has 0 radical (unpaired) electrons. The maximum atomic E-state index is 11.8. The van der Waals surface area contributed by atoms with E-state index in [4.69, 9.17) is 5.11 Å². The lowest BCUT2D eigenvalue weighted by Gasteiger charge is -2.19. The number of likely N-dealkylation sites (N-methyl/N-ethyl adjacent to an activating group) is 1. The van der Waals surface area contributed by atoms with E-state index in [0.717, 1.165) is 13.1 Å². The third-order valence-corrected chi connectivity index (χ3v) is 3.53. The van der Waals surface area contributed by atoms with Crippen molar-refractivity contribution in [3.63, 3.8) is 0 Å². The van der Waals surface area contributed by atoms with Gasteiger partial charge in [-0.05, 0) is 19.5 Å². The monoisotopic (exact) mass is 257 g/mol. The number of carbonyl (C=O) groups excluding carboxylic acids is 1. The summed E-state index contributed by atoms with van der Waals surface area (Å²) in [6, 6.07) is -0.157. The van der Waals surface area contributed by atoms with Gasteiger partial charge in [0.2, 0.25) is 0 Å². The maximum absolute atomic E-state index is 11.8. The number of carbonyl (C=O) groups is 2. The summed E-state index contributed by atoms with van der Waals surface area (Å²) in [5.74, 6) is -1.23. The van der Waals surface area contributed by atoms with Crippen LogP contribution in [-0.2, 0) is 4.79 Å². The Labute approximate surface area is 108 Å². The molecule has 1 rings (SSSR count). The molecular formula is C12H23N3O3. The highest BCUT2D eigenvalue weighted by Gasteiger charge is 2.36. The summed E-state index contributed by atoms with van der Waals surface area (Å²) in [4.78, 5) is 26.5. The normalized spacial score (nSPS) is 23.4. The van der Waals surface area contributed by atoms with Crippen molar-refractivity contribution < 1.29 is 14.7 Å². The van der Waals surface area contributed by atoms with Crippen molar-refractivity contribution in [2.45, 2.75) is 13.8 Å². The van der Waals surface area contributed by atoms with Crippen LogP contribution in [0.5, 0.6) is 0 Å². The topological polar surface area (TPSA) is 72.9 Å². The number of nitrogens with one attached hydrogen (secondary N) is 1. The molecule has 0 spiro atoms. The SMILES string of the molecule is CCN(C)CCNC(=O)N1C[C@@H](C)[C@H](C(=O)O)C1. The first-order valence-electron chi connectivity index (χ1n) is 6.39. The summed E-state index contributed by atoms with van der Waals surface area (Å²) in [6.07, 6.45) is 0. The molecule has 1 saturated heterocycles. The molecule has 0 saturated carbocycles. The fraction of sp³-hybridized carbons (Fsp3) is 0.833. The van der Waals surface area contributed by atoms with E-state index in [1.54, 1.807) is 4.90 Å². The number of hydrogen-bond donors (Lipinski definition) is 2. The maximum Gasteiger partial charge on any atom is 0.317 e. The van der Waals surface area contributed by atoms with Crippen molar-refractivity contribution in [3.05, 3.63) is 0 Å². The molecule has 0 aromatic rings. The molecule has 1 aliphatic heterocycles. The zero-order valence-corrected chi connectivity index (χ0v) is 11.3. The fourth-order valence-electron chi connectivity index (χ4n) is 2.08. The van der Waals surface area contributed by atoms with Crippen LogP contribution < -0.4 is 5.32 Å². The van der Waals surface area contributed by atoms with Crippen LogP contribution in [0.25, 0.3) is 0 Å². The predicted molar refractivity (Wildman–Crippen MR) is 68.4 cm³/mol. The number of urea groups is 1. The highest BCUT2D eigenvalue weighted by molar-refractivity contribution is 5.77. The van der Waals surface area contributed by atoms with Gasteiger partial charge >= 0.3 is 12.0 Å². The van der Waals surface area contributed by atoms with Crippen LogP contribution in [0.1, 0.15) is 13.8 Å². The van der Waals surface area contributed by atoms with Crippen LogP contribution in [0.15, 0.2) is 0 Å². The number of carboxylic acid groups (broad SMARTS) is 1. The summed E-state index contributed by atoms with van der Waals surface area (Å²) in [6.45, 7) is 7.09. The minimum Gasteiger partial charge on any atom is -0.481 e. The molecule has 2 atom stereocenters. The quantitative estimate of drug-likeness (QED) is 0.743. The number of likely N-dealkylation sites (tertiary alicyclic amines) is 1. The van der Waals surface area contributed by atoms with Gasteiger partial charge in [0.1, 0.15) is 0 Å². The highest BCUT2D eigenvalue weighted by Crippen LogP contribution is 2.22. The molecule has 0 aromatic carbocycles. The second-order valence-corrected chi connectivity index (χ2v) is 4.95. The van der Waals surface area contributed by atoms with Gasteiger partial charge in [-0.2, -0.15) is 0 Å². The minimum atomic E-state index is -0.816. The Hall–Kier alpha value is -1.30. The standard InChI is InChI=1S/C12H23N3O3/c1-4-14(3)6-5-13-12(18)15-7-9(2)10(8-15)11(16)17/h9-10H,4-8H2,1-3H3,(H,13,18)(H,16,17)/t9-,10-/m1/s1. The number of hydrogen-bond acceptors (Lipinski definition) is 3. The molecule has 1 aliphatic rings. The Kier molecular flexibility index (Phi) is 5.40. The number of nitrogens with zero attached hydrogens (tertiary/aromatic N) is 2. The molecule has 2 N–H and O–H groups in total. The van der Waals surface area contributed by atoms with E-state index in [9.17, 15) is 9.59 Å². The number of amides is 2. The molecule has 2 amide bonds. The van der Waals surface area contributed by atoms with E-state index in [1.165, 1.54) is 0 Å². The Morgan fingerprint density at radius 3 is 2.61 bits per heavy atom. The highest BCUT2D eigenvalue weighted by atomic mass is 16.4. The van der Waals surface area contributed by atoms with E-state index >= 15 is 0 Å². The largest absolute Gasteiger partial charge is 0.481 e. The van der Waals surface area contributed by atoms with Gasteiger partial charge in [-0.3, -0.25) is 4.79 Å². The lowest BCUT2D eigenvalue weighted by atomic mass is 9.99. The summed E-state index contributed by atoms with van der Waals surface area (Å²) >= 11 is 0. The van der Waals surface area contributed by atoms with Gasteiger partial charge in [0, 0.05) is 26.2 Å². The smallest absolute Gasteiger partial charge is 0.317 e. The van der Waals surface area contributed by atoms with Crippen molar-refractivity contribution in [2.75, 3.05) is 39.8 Å². The summed E-state index contributed by atoms with van der Waals surface area (Å²) in [5.41, 5.74) is 0. The molecule has 18 heavy (non-hydrogen) atoms. The molecule has 1 heterocycles. The average Bonchev–Trinajstić information content (AvgIpc) is 2.71. The second kappa shape index (κ2) is 6.58. The van der Waals surface area contributed by atoms with Crippen molar-refractivity contribution in [3.8, 4) is 0 Å². The number of rotatable bonds is 5. The van der Waals surface area contributed by atoms with E-state index in [2.05, 4.69) is 17.1 Å². The van der Waals surface area contributed by atoms with Gasteiger partial charge in [-0.1, -0.05) is 13.8 Å². The van der Waals surface area contributed by atoms with Crippen LogP contribution in [0, 0.1) is 11.8 Å². The molecule has 0 unspecified atom stereocenters. The summed E-state index contributed by atoms with van der Waals surface area (Å²) in [7, 11) is 1.99. The number of carboxylic acids is 1. The van der Waals surface area contributed by atoms with Gasteiger partial charge in [0.05, 0.1) is 5.92 Å². The minimum absolute atomic E-state index is 0.0200. The predicted octanol–water partition coefficient (Wildman–Crippen LogP) is 0.300. The average molecular weight is 257 g/mol. The number of aliphatic carboxylic acids is 1. The second-order valence-electron chi connectivity index (χ2n) is 4.95. The van der Waals surface area contributed by atoms with Crippen molar-refractivity contribution >= 4 is 12.0 Å². The first-order chi connectivity index (χ1) is 8.45. The van der Waals surface area contributed by atoms with Gasteiger partial charge in [0.15, 0.2) is 0 Å². The summed E-state index contributed by atoms with van der Waals surface area (Å²) in [5, 5.41) is 11.8. The molecule has 104 valence electrons. The zero-order valence-electron chi connectivity index (χ0n) is 11.3. The molecular weight excluding hydrogens is 234 g/mol. The van der Waals surface area contributed by atoms with Gasteiger partial charge in [-0.15, -0.1) is 0 Å². The van der Waals surface area contributed by atoms with E-state index < -0.39 is 11.9 Å². The van der Waals surface area contributed by atoms with Crippen LogP contribution in [0.3, 0.4) is 0 Å². The lowest BCUT2D eigenvalue weighted by molar-refractivity contribution is -0.142. The van der Waals surface area contributed by atoms with Crippen LogP contribution in [-0.4, -0.2) is 66.7 Å². The molecule has 6 heteroatoms. The van der Waals surface area contributed by atoms with Crippen LogP contribution in [0.4, 0.5) is 4.79 Å². The van der Waals surface area contributed by atoms with Crippen LogP contribution in [0.2, 0.25) is 0 Å². The van der Waals surface area contributed by atoms with E-state index in [1.807, 2.05) is 14.0 Å². The fourth-order valence-corrected chi connectivity index (χ4v) is 2.08. The Bertz CT molecular complexity index is 309. The molecule has 0 aliphatic carbocycles. The molecule has 0 aromatic heterocycles. The van der Waals surface area contributed by atoms with Gasteiger partial charge < -0.3 is 20.2 Å². The van der Waals surface area contributed by atoms with Gasteiger partial charge in [0.25, 0.3) is 0 Å². The van der Waals surface area contributed by atoms with E-state index in [-0.39, 0.29) is 11.9 Å². The summed E-state index contributed by atoms with van der Waals surface area (Å²) < 4.78 is 0. The Morgan fingerprint density at radius 1 is 1.44 bits per heavy atom. The zero-order chi connectivity index (χ0) is 13.7. The Balaban J connectivity index is 2.33. The van der Waals surface area contributed by atoms with Crippen molar-refractivity contribution in [2.24, 2.45) is 11.8 Å². The van der Waals surface area contributed by atoms with Crippen molar-refractivity contribution in [1.82, 2.24) is 15.1 Å². The molecule has 0 bridgehead atoms. The third-order valence-electron chi connectivity index (χ3n) is 3.53. The third kappa shape index (κ3) is 3.87. The van der Waals surface area contributed by atoms with Crippen LogP contribution >= 0.6 is 0 Å². The lowest BCUT2D eigenvalue weighted by Crippen LogP contribution is -2.42.